The van der Waals surface area contributed by atoms with Crippen molar-refractivity contribution in [2.45, 2.75) is 11.8 Å². The minimum absolute atomic E-state index is 0.0686. The number of nitrogens with one attached hydrogen (secondary N) is 2. The normalized spacial score (nSPS) is 12.5. The van der Waals surface area contributed by atoms with Crippen LogP contribution in [0.4, 0.5) is 5.69 Å². The highest BCUT2D eigenvalue weighted by Crippen LogP contribution is 2.35. The van der Waals surface area contributed by atoms with Gasteiger partial charge in [0.05, 0.1) is 20.7 Å². The molecule has 2 aromatic carbocycles. The molecule has 0 radical (unpaired) electrons. The smallest absolute Gasteiger partial charge is 0.191 e. The number of hydrogen-bond donors (Lipinski definition) is 4. The summed E-state index contributed by atoms with van der Waals surface area (Å²) in [6.07, 6.45) is 0. The molecule has 3 aromatic rings. The zero-order valence-electron chi connectivity index (χ0n) is 16.3. The first-order valence-electron chi connectivity index (χ1n) is 8.71. The lowest BCUT2D eigenvalue weighted by molar-refractivity contribution is 0.475. The molecule has 0 bridgehead atoms. The van der Waals surface area contributed by atoms with Crippen LogP contribution in [0.3, 0.4) is 0 Å². The van der Waals surface area contributed by atoms with Gasteiger partial charge < -0.3 is 15.0 Å². The lowest BCUT2D eigenvalue weighted by Gasteiger charge is -2.08. The maximum absolute atomic E-state index is 11.2. The van der Waals surface area contributed by atoms with Crippen LogP contribution >= 0.6 is 35.4 Å². The zero-order chi connectivity index (χ0) is 22.7. The van der Waals surface area contributed by atoms with Crippen LogP contribution in [0.25, 0.3) is 11.3 Å². The molecule has 31 heavy (non-hydrogen) atoms. The minimum atomic E-state index is -2.10. The van der Waals surface area contributed by atoms with Gasteiger partial charge in [0.2, 0.25) is 0 Å². The highest BCUT2D eigenvalue weighted by molar-refractivity contribution is 7.80. The van der Waals surface area contributed by atoms with Crippen molar-refractivity contribution < 1.29 is 13.9 Å². The van der Waals surface area contributed by atoms with E-state index in [1.165, 1.54) is 16.8 Å². The van der Waals surface area contributed by atoms with Crippen LogP contribution in [-0.4, -0.2) is 34.5 Å². The van der Waals surface area contributed by atoms with E-state index in [1.807, 2.05) is 0 Å². The van der Waals surface area contributed by atoms with Crippen LogP contribution in [0.1, 0.15) is 12.6 Å². The number of anilines is 1. The number of aromatic nitrogens is 2. The first kappa shape index (κ1) is 23.2. The average Bonchev–Trinajstić information content (AvgIpc) is 3.02. The molecule has 0 aliphatic rings. The molecule has 4 N–H and O–H groups in total. The van der Waals surface area contributed by atoms with Crippen LogP contribution in [-0.2, 0) is 18.1 Å². The number of rotatable bonds is 5. The lowest BCUT2D eigenvalue weighted by Crippen LogP contribution is -2.25. The molecule has 0 aliphatic carbocycles. The van der Waals surface area contributed by atoms with Crippen molar-refractivity contribution in [3.8, 4) is 17.0 Å². The van der Waals surface area contributed by atoms with Gasteiger partial charge in [0.1, 0.15) is 5.69 Å². The number of hydrogen-bond acceptors (Lipinski definition) is 5. The molecule has 3 rings (SSSR count). The third-order valence-corrected chi connectivity index (χ3v) is 5.77. The Balaban J connectivity index is 1.77. The highest BCUT2D eigenvalue weighted by atomic mass is 35.5. The molecule has 1 atom stereocenters. The average molecular weight is 498 g/mol. The fourth-order valence-corrected chi connectivity index (χ4v) is 3.64. The Labute approximate surface area is 196 Å². The second kappa shape index (κ2) is 9.75. The van der Waals surface area contributed by atoms with E-state index < -0.39 is 11.1 Å². The van der Waals surface area contributed by atoms with E-state index in [-0.39, 0.29) is 21.5 Å². The molecular weight excluding hydrogens is 481 g/mol. The summed E-state index contributed by atoms with van der Waals surface area (Å²) < 4.78 is 21.9. The number of benzene rings is 2. The molecule has 0 spiro atoms. The topological polar surface area (TPSA) is 112 Å². The Bertz CT molecular complexity index is 1210. The Kier molecular flexibility index (Phi) is 7.29. The van der Waals surface area contributed by atoms with Gasteiger partial charge in [-0.2, -0.15) is 10.2 Å². The van der Waals surface area contributed by atoms with E-state index in [2.05, 4.69) is 20.9 Å². The quantitative estimate of drug-likeness (QED) is 0.179. The van der Waals surface area contributed by atoms with Crippen molar-refractivity contribution in [2.75, 3.05) is 5.32 Å². The zero-order valence-corrected chi connectivity index (χ0v) is 19.4. The van der Waals surface area contributed by atoms with E-state index in [9.17, 15) is 13.9 Å². The predicted octanol–water partition coefficient (Wildman–Crippen LogP) is 4.39. The molecule has 8 nitrogen and oxygen atoms in total. The third kappa shape index (κ3) is 5.41. The Morgan fingerprint density at radius 1 is 1.23 bits per heavy atom. The summed E-state index contributed by atoms with van der Waals surface area (Å²) in [4.78, 5) is 0.237. The molecule has 0 saturated heterocycles. The van der Waals surface area contributed by atoms with Gasteiger partial charge in [-0.25, -0.2) is 4.21 Å². The highest BCUT2D eigenvalue weighted by Gasteiger charge is 2.19. The summed E-state index contributed by atoms with van der Waals surface area (Å²) in [6.45, 7) is 1.66. The standard InChI is InChI=1S/C19H17Cl2N5O3S2/c1-10(23-24-19(30)22-12-4-3-5-13(9-12)31(28)29)16-18(27)17(26(2)25-16)11-6-7-14(20)15(21)8-11/h3-9,27H,1-2H3,(H,28,29)(H2,22,24,30)/b23-10+. The number of hydrazone groups is 1. The summed E-state index contributed by atoms with van der Waals surface area (Å²) in [7, 11) is 1.69. The van der Waals surface area contributed by atoms with Crippen molar-refractivity contribution in [2.24, 2.45) is 12.1 Å². The fraction of sp³-hybridized carbons (Fsp3) is 0.105. The third-order valence-electron chi connectivity index (χ3n) is 4.18. The summed E-state index contributed by atoms with van der Waals surface area (Å²) in [5.74, 6) is -0.0686. The molecular formula is C19H17Cl2N5O3S2. The molecule has 0 fully saturated rings. The van der Waals surface area contributed by atoms with Gasteiger partial charge in [0.25, 0.3) is 0 Å². The van der Waals surface area contributed by atoms with Crippen LogP contribution in [0.5, 0.6) is 5.75 Å². The number of thiocarbonyl (C=S) groups is 1. The largest absolute Gasteiger partial charge is 0.504 e. The van der Waals surface area contributed by atoms with Crippen molar-refractivity contribution in [3.05, 3.63) is 58.2 Å². The van der Waals surface area contributed by atoms with Crippen LogP contribution in [0.2, 0.25) is 10.0 Å². The van der Waals surface area contributed by atoms with Gasteiger partial charge in [-0.05, 0) is 49.5 Å². The van der Waals surface area contributed by atoms with Crippen molar-refractivity contribution >= 4 is 63.0 Å². The predicted molar refractivity (Wildman–Crippen MR) is 127 cm³/mol. The van der Waals surface area contributed by atoms with Crippen molar-refractivity contribution in [3.63, 3.8) is 0 Å². The van der Waals surface area contributed by atoms with Gasteiger partial charge in [0.15, 0.2) is 27.6 Å². The van der Waals surface area contributed by atoms with Crippen molar-refractivity contribution in [1.29, 1.82) is 0 Å². The van der Waals surface area contributed by atoms with Crippen LogP contribution in [0, 0.1) is 0 Å². The van der Waals surface area contributed by atoms with Gasteiger partial charge in [-0.15, -0.1) is 0 Å². The maximum atomic E-state index is 11.2. The van der Waals surface area contributed by atoms with E-state index in [4.69, 9.17) is 35.4 Å². The first-order chi connectivity index (χ1) is 14.7. The van der Waals surface area contributed by atoms with Gasteiger partial charge in [-0.3, -0.25) is 10.1 Å². The molecule has 1 unspecified atom stereocenters. The van der Waals surface area contributed by atoms with Gasteiger partial charge >= 0.3 is 0 Å². The molecule has 12 heteroatoms. The number of nitrogens with zero attached hydrogens (tertiary/aromatic N) is 3. The Morgan fingerprint density at radius 3 is 2.65 bits per heavy atom. The monoisotopic (exact) mass is 497 g/mol. The summed E-state index contributed by atoms with van der Waals surface area (Å²) in [6, 6.07) is 11.3. The molecule has 1 heterocycles. The first-order valence-corrected chi connectivity index (χ1v) is 11.0. The van der Waals surface area contributed by atoms with Crippen LogP contribution < -0.4 is 10.7 Å². The Morgan fingerprint density at radius 2 is 1.97 bits per heavy atom. The number of halogens is 2. The van der Waals surface area contributed by atoms with Gasteiger partial charge in [-0.1, -0.05) is 35.3 Å². The number of aryl methyl sites for hydroxylation is 1. The van der Waals surface area contributed by atoms with E-state index in [1.54, 1.807) is 44.3 Å². The molecule has 0 amide bonds. The second-order valence-electron chi connectivity index (χ2n) is 6.34. The SMILES string of the molecule is C/C(=N\NC(=S)Nc1cccc(S(=O)O)c1)c1nn(C)c(-c2ccc(Cl)c(Cl)c2)c1O. The van der Waals surface area contributed by atoms with E-state index >= 15 is 0 Å². The lowest BCUT2D eigenvalue weighted by atomic mass is 10.1. The molecule has 0 aliphatic heterocycles. The Hall–Kier alpha value is -2.50. The summed E-state index contributed by atoms with van der Waals surface area (Å²) >= 11 is 15.2. The van der Waals surface area contributed by atoms with Crippen molar-refractivity contribution in [1.82, 2.24) is 15.2 Å². The van der Waals surface area contributed by atoms with E-state index in [0.717, 1.165) is 0 Å². The molecule has 162 valence electrons. The van der Waals surface area contributed by atoms with Gasteiger partial charge in [0, 0.05) is 18.3 Å². The number of aromatic hydroxyl groups is 1. The second-order valence-corrected chi connectivity index (χ2v) is 8.53. The maximum Gasteiger partial charge on any atom is 0.191 e. The minimum Gasteiger partial charge on any atom is -0.504 e. The summed E-state index contributed by atoms with van der Waals surface area (Å²) in [5.41, 5.74) is 4.93. The molecule has 0 saturated carbocycles. The molecule has 1 aromatic heterocycles. The van der Waals surface area contributed by atoms with Crippen LogP contribution in [0.15, 0.2) is 52.5 Å². The fourth-order valence-electron chi connectivity index (χ4n) is 2.75. The summed E-state index contributed by atoms with van der Waals surface area (Å²) in [5, 5.41) is 23.0. The van der Waals surface area contributed by atoms with E-state index in [0.29, 0.717) is 32.7 Å².